The Kier molecular flexibility index (Phi) is 7.87. The van der Waals surface area contributed by atoms with Crippen molar-refractivity contribution < 1.29 is 14.4 Å². The van der Waals surface area contributed by atoms with Gasteiger partial charge in [-0.1, -0.05) is 46.6 Å². The first-order valence-electron chi connectivity index (χ1n) is 8.77. The van der Waals surface area contributed by atoms with Gasteiger partial charge in [0.15, 0.2) is 0 Å². The standard InChI is InChI=1S/C20H22Cl2N4O3/c1-11-8-12(2)19(15(22)9-11)25-20(28)13(3)29-26-17(23)10-18(27)24-16-7-5-4-6-14(16)21/h4-9,13H,10H2,1-3H3,(H2,23,26)(H,24,27)(H,25,28). The number of amides is 2. The van der Waals surface area contributed by atoms with E-state index in [4.69, 9.17) is 33.8 Å². The van der Waals surface area contributed by atoms with Crippen LogP contribution in [0.3, 0.4) is 0 Å². The molecule has 2 aromatic rings. The number of hydrogen-bond acceptors (Lipinski definition) is 4. The van der Waals surface area contributed by atoms with Gasteiger partial charge >= 0.3 is 0 Å². The van der Waals surface area contributed by atoms with E-state index in [-0.39, 0.29) is 12.3 Å². The Morgan fingerprint density at radius 1 is 1.14 bits per heavy atom. The molecule has 0 aliphatic carbocycles. The number of rotatable bonds is 7. The summed E-state index contributed by atoms with van der Waals surface area (Å²) in [6, 6.07) is 10.5. The Morgan fingerprint density at radius 2 is 1.83 bits per heavy atom. The molecule has 7 nitrogen and oxygen atoms in total. The summed E-state index contributed by atoms with van der Waals surface area (Å²) in [6.45, 7) is 5.26. The van der Waals surface area contributed by atoms with E-state index in [9.17, 15) is 9.59 Å². The highest BCUT2D eigenvalue weighted by atomic mass is 35.5. The Hall–Kier alpha value is -2.77. The first-order chi connectivity index (χ1) is 13.7. The molecule has 0 aliphatic rings. The third kappa shape index (κ3) is 6.66. The minimum atomic E-state index is -0.947. The summed E-state index contributed by atoms with van der Waals surface area (Å²) in [5, 5.41) is 9.82. The number of aryl methyl sites for hydroxylation is 2. The summed E-state index contributed by atoms with van der Waals surface area (Å²) < 4.78 is 0. The van der Waals surface area contributed by atoms with Gasteiger partial charge in [-0.2, -0.15) is 0 Å². The van der Waals surface area contributed by atoms with Gasteiger partial charge in [0.05, 0.1) is 27.8 Å². The van der Waals surface area contributed by atoms with Gasteiger partial charge in [0.2, 0.25) is 12.0 Å². The number of nitrogens with one attached hydrogen (secondary N) is 2. The fourth-order valence-electron chi connectivity index (χ4n) is 2.45. The Bertz CT molecular complexity index is 924. The van der Waals surface area contributed by atoms with Crippen molar-refractivity contribution in [1.29, 1.82) is 0 Å². The molecule has 2 rings (SSSR count). The van der Waals surface area contributed by atoms with Crippen molar-refractivity contribution in [2.75, 3.05) is 10.6 Å². The third-order valence-corrected chi connectivity index (χ3v) is 4.49. The zero-order chi connectivity index (χ0) is 21.6. The average molecular weight is 437 g/mol. The molecule has 4 N–H and O–H groups in total. The van der Waals surface area contributed by atoms with Crippen LogP contribution in [0.15, 0.2) is 41.6 Å². The summed E-state index contributed by atoms with van der Waals surface area (Å²) in [5.41, 5.74) is 8.50. The van der Waals surface area contributed by atoms with E-state index in [1.54, 1.807) is 30.3 Å². The summed E-state index contributed by atoms with van der Waals surface area (Å²) in [7, 11) is 0. The highest BCUT2D eigenvalue weighted by Gasteiger charge is 2.18. The molecular formula is C20H22Cl2N4O3. The normalized spacial score (nSPS) is 12.2. The van der Waals surface area contributed by atoms with Crippen LogP contribution in [-0.4, -0.2) is 23.8 Å². The summed E-state index contributed by atoms with van der Waals surface area (Å²) in [5.74, 6) is -0.947. The number of carbonyl (C=O) groups is 2. The van der Waals surface area contributed by atoms with Crippen molar-refractivity contribution in [3.05, 3.63) is 57.6 Å². The lowest BCUT2D eigenvalue weighted by Gasteiger charge is -2.14. The zero-order valence-electron chi connectivity index (χ0n) is 16.3. The first-order valence-corrected chi connectivity index (χ1v) is 9.53. The molecule has 0 bridgehead atoms. The zero-order valence-corrected chi connectivity index (χ0v) is 17.8. The number of amidine groups is 1. The Labute approximate surface area is 179 Å². The lowest BCUT2D eigenvalue weighted by Crippen LogP contribution is -2.28. The number of halogens is 2. The first kappa shape index (κ1) is 22.5. The Morgan fingerprint density at radius 3 is 2.48 bits per heavy atom. The number of benzene rings is 2. The molecule has 9 heteroatoms. The van der Waals surface area contributed by atoms with Crippen molar-refractivity contribution >= 4 is 52.2 Å². The fourth-order valence-corrected chi connectivity index (χ4v) is 3.00. The lowest BCUT2D eigenvalue weighted by molar-refractivity contribution is -0.126. The molecule has 0 aliphatic heterocycles. The van der Waals surface area contributed by atoms with Gasteiger partial charge in [-0.3, -0.25) is 9.59 Å². The van der Waals surface area contributed by atoms with Crippen molar-refractivity contribution in [3.63, 3.8) is 0 Å². The smallest absolute Gasteiger partial charge is 0.268 e. The lowest BCUT2D eigenvalue weighted by atomic mass is 10.1. The van der Waals surface area contributed by atoms with E-state index >= 15 is 0 Å². The van der Waals surface area contributed by atoms with Gasteiger partial charge in [-0.05, 0) is 50.1 Å². The van der Waals surface area contributed by atoms with Crippen LogP contribution in [0.2, 0.25) is 10.0 Å². The van der Waals surface area contributed by atoms with Gasteiger partial charge in [-0.15, -0.1) is 0 Å². The van der Waals surface area contributed by atoms with Crippen molar-refractivity contribution in [2.24, 2.45) is 10.9 Å². The molecule has 0 aromatic heterocycles. The van der Waals surface area contributed by atoms with E-state index in [0.717, 1.165) is 11.1 Å². The maximum Gasteiger partial charge on any atom is 0.268 e. The molecule has 1 atom stereocenters. The quantitative estimate of drug-likeness (QED) is 0.342. The van der Waals surface area contributed by atoms with Crippen LogP contribution in [0, 0.1) is 13.8 Å². The number of oxime groups is 1. The molecule has 0 spiro atoms. The summed E-state index contributed by atoms with van der Waals surface area (Å²) >= 11 is 12.2. The monoisotopic (exact) mass is 436 g/mol. The second-order valence-electron chi connectivity index (χ2n) is 6.46. The summed E-state index contributed by atoms with van der Waals surface area (Å²) in [4.78, 5) is 29.5. The minimum absolute atomic E-state index is 0.0845. The van der Waals surface area contributed by atoms with Gasteiger partial charge in [-0.25, -0.2) is 0 Å². The highest BCUT2D eigenvalue weighted by molar-refractivity contribution is 6.34. The van der Waals surface area contributed by atoms with E-state index in [2.05, 4.69) is 15.8 Å². The number of hydrogen-bond donors (Lipinski definition) is 3. The molecule has 2 aromatic carbocycles. The number of carbonyl (C=O) groups excluding carboxylic acids is 2. The van der Waals surface area contributed by atoms with Crippen LogP contribution in [-0.2, 0) is 14.4 Å². The van der Waals surface area contributed by atoms with Crippen LogP contribution >= 0.6 is 23.2 Å². The van der Waals surface area contributed by atoms with Crippen LogP contribution in [0.25, 0.3) is 0 Å². The van der Waals surface area contributed by atoms with Crippen molar-refractivity contribution in [3.8, 4) is 0 Å². The molecule has 0 saturated heterocycles. The molecule has 0 saturated carbocycles. The van der Waals surface area contributed by atoms with E-state index in [1.165, 1.54) is 6.92 Å². The molecular weight excluding hydrogens is 415 g/mol. The van der Waals surface area contributed by atoms with Crippen molar-refractivity contribution in [1.82, 2.24) is 0 Å². The van der Waals surface area contributed by atoms with Crippen LogP contribution < -0.4 is 16.4 Å². The Balaban J connectivity index is 1.90. The second kappa shape index (κ2) is 10.1. The number of anilines is 2. The number of nitrogens with two attached hydrogens (primary N) is 1. The highest BCUT2D eigenvalue weighted by Crippen LogP contribution is 2.27. The fraction of sp³-hybridized carbons (Fsp3) is 0.250. The van der Waals surface area contributed by atoms with Gasteiger partial charge < -0.3 is 21.2 Å². The van der Waals surface area contributed by atoms with Gasteiger partial charge in [0.1, 0.15) is 5.84 Å². The molecule has 29 heavy (non-hydrogen) atoms. The van der Waals surface area contributed by atoms with E-state index in [0.29, 0.717) is 21.4 Å². The van der Waals surface area contributed by atoms with Gasteiger partial charge in [0.25, 0.3) is 5.91 Å². The predicted octanol–water partition coefficient (Wildman–Crippen LogP) is 4.25. The van der Waals surface area contributed by atoms with Crippen LogP contribution in [0.4, 0.5) is 11.4 Å². The summed E-state index contributed by atoms with van der Waals surface area (Å²) in [6.07, 6.45) is -1.17. The molecule has 1 unspecified atom stereocenters. The second-order valence-corrected chi connectivity index (χ2v) is 7.28. The van der Waals surface area contributed by atoms with Crippen LogP contribution in [0.1, 0.15) is 24.5 Å². The van der Waals surface area contributed by atoms with Gasteiger partial charge in [0, 0.05) is 0 Å². The molecule has 0 heterocycles. The van der Waals surface area contributed by atoms with Crippen LogP contribution in [0.5, 0.6) is 0 Å². The average Bonchev–Trinajstić information content (AvgIpc) is 2.64. The van der Waals surface area contributed by atoms with Crippen molar-refractivity contribution in [2.45, 2.75) is 33.3 Å². The molecule has 0 fully saturated rings. The maximum absolute atomic E-state index is 12.3. The third-order valence-electron chi connectivity index (χ3n) is 3.87. The number of nitrogens with zero attached hydrogens (tertiary/aromatic N) is 1. The largest absolute Gasteiger partial charge is 0.384 e. The van der Waals surface area contributed by atoms with E-state index in [1.807, 2.05) is 19.9 Å². The topological polar surface area (TPSA) is 106 Å². The predicted molar refractivity (Wildman–Crippen MR) is 116 cm³/mol. The van der Waals surface area contributed by atoms with E-state index < -0.39 is 17.9 Å². The minimum Gasteiger partial charge on any atom is -0.384 e. The molecule has 0 radical (unpaired) electrons. The number of para-hydroxylation sites is 1. The molecule has 154 valence electrons. The SMILES string of the molecule is Cc1cc(C)c(NC(=O)C(C)O/N=C(/N)CC(=O)Nc2ccccc2Cl)c(Cl)c1. The maximum atomic E-state index is 12.3. The molecule has 2 amide bonds.